The number of ether oxygens (including phenoxy) is 2. The Kier molecular flexibility index (Phi) is 4.34. The molecule has 1 aliphatic rings. The molecule has 3 rings (SSSR count). The van der Waals surface area contributed by atoms with E-state index in [1.165, 1.54) is 12.0 Å². The number of rotatable bonds is 5. The van der Waals surface area contributed by atoms with E-state index in [2.05, 4.69) is 16.1 Å². The highest BCUT2D eigenvalue weighted by Gasteiger charge is 2.29. The quantitative estimate of drug-likeness (QED) is 0.848. The van der Waals surface area contributed by atoms with E-state index in [1.807, 2.05) is 25.1 Å². The zero-order valence-corrected chi connectivity index (χ0v) is 13.3. The smallest absolute Gasteiger partial charge is 0.133 e. The van der Waals surface area contributed by atoms with Gasteiger partial charge in [-0.15, -0.1) is 0 Å². The average Bonchev–Trinajstić information content (AvgIpc) is 3.16. The van der Waals surface area contributed by atoms with E-state index in [9.17, 15) is 0 Å². The predicted octanol–water partition coefficient (Wildman–Crippen LogP) is 3.34. The Hall–Kier alpha value is -2.01. The molecule has 1 aromatic carbocycles. The van der Waals surface area contributed by atoms with Crippen molar-refractivity contribution in [2.45, 2.75) is 32.4 Å². The Morgan fingerprint density at radius 1 is 1.27 bits per heavy atom. The Morgan fingerprint density at radius 3 is 2.82 bits per heavy atom. The summed E-state index contributed by atoms with van der Waals surface area (Å²) in [4.78, 5) is 2.43. The molecule has 0 saturated carbocycles. The first kappa shape index (κ1) is 14.9. The van der Waals surface area contributed by atoms with Gasteiger partial charge in [0, 0.05) is 24.2 Å². The van der Waals surface area contributed by atoms with Gasteiger partial charge in [-0.25, -0.2) is 0 Å². The first-order valence-corrected chi connectivity index (χ1v) is 7.59. The van der Waals surface area contributed by atoms with Crippen LogP contribution in [0.3, 0.4) is 0 Å². The first-order valence-electron chi connectivity index (χ1n) is 7.59. The van der Waals surface area contributed by atoms with Gasteiger partial charge in [0.1, 0.15) is 17.3 Å². The minimum atomic E-state index is 0.321. The van der Waals surface area contributed by atoms with Crippen LogP contribution >= 0.6 is 0 Å². The van der Waals surface area contributed by atoms with Gasteiger partial charge in [0.25, 0.3) is 0 Å². The molecule has 1 fully saturated rings. The minimum absolute atomic E-state index is 0.321. The molecule has 1 saturated heterocycles. The van der Waals surface area contributed by atoms with Crippen molar-refractivity contribution >= 4 is 0 Å². The SMILES string of the molecule is COc1ccc(OC)c(C2CCCN2Cc2cc(C)on2)c1. The topological polar surface area (TPSA) is 47.7 Å². The van der Waals surface area contributed by atoms with Crippen LogP contribution in [0.1, 0.15) is 35.9 Å². The highest BCUT2D eigenvalue weighted by Crippen LogP contribution is 2.39. The largest absolute Gasteiger partial charge is 0.497 e. The summed E-state index contributed by atoms with van der Waals surface area (Å²) in [5.74, 6) is 2.62. The number of aryl methyl sites for hydroxylation is 1. The Bertz CT molecular complexity index is 639. The molecule has 2 heterocycles. The molecule has 1 unspecified atom stereocenters. The maximum absolute atomic E-state index is 5.54. The molecule has 2 aromatic rings. The molecule has 0 bridgehead atoms. The predicted molar refractivity (Wildman–Crippen MR) is 83.2 cm³/mol. The molecule has 118 valence electrons. The third kappa shape index (κ3) is 2.95. The van der Waals surface area contributed by atoms with Gasteiger partial charge in [0.2, 0.25) is 0 Å². The number of nitrogens with zero attached hydrogens (tertiary/aromatic N) is 2. The van der Waals surface area contributed by atoms with Crippen LogP contribution in [-0.4, -0.2) is 30.8 Å². The summed E-state index contributed by atoms with van der Waals surface area (Å²) >= 11 is 0. The second kappa shape index (κ2) is 6.40. The second-order valence-corrected chi connectivity index (χ2v) is 5.67. The van der Waals surface area contributed by atoms with E-state index in [1.54, 1.807) is 14.2 Å². The lowest BCUT2D eigenvalue weighted by atomic mass is 10.0. The molecular weight excluding hydrogens is 280 g/mol. The molecule has 0 aliphatic carbocycles. The van der Waals surface area contributed by atoms with E-state index in [-0.39, 0.29) is 0 Å². The van der Waals surface area contributed by atoms with Crippen molar-refractivity contribution in [3.63, 3.8) is 0 Å². The highest BCUT2D eigenvalue weighted by molar-refractivity contribution is 5.42. The highest BCUT2D eigenvalue weighted by atomic mass is 16.5. The van der Waals surface area contributed by atoms with Gasteiger partial charge in [-0.05, 0) is 44.5 Å². The molecule has 0 amide bonds. The molecule has 5 nitrogen and oxygen atoms in total. The first-order chi connectivity index (χ1) is 10.7. The molecule has 0 spiro atoms. The lowest BCUT2D eigenvalue weighted by Gasteiger charge is -2.25. The Balaban J connectivity index is 1.86. The fraction of sp³-hybridized carbons (Fsp3) is 0.471. The van der Waals surface area contributed by atoms with Gasteiger partial charge >= 0.3 is 0 Å². The molecule has 1 aromatic heterocycles. The Morgan fingerprint density at radius 2 is 2.14 bits per heavy atom. The van der Waals surface area contributed by atoms with Crippen LogP contribution in [0.25, 0.3) is 0 Å². The van der Waals surface area contributed by atoms with Crippen LogP contribution < -0.4 is 9.47 Å². The number of aromatic nitrogens is 1. The maximum atomic E-state index is 5.54. The lowest BCUT2D eigenvalue weighted by Crippen LogP contribution is -2.23. The number of hydrogen-bond donors (Lipinski definition) is 0. The summed E-state index contributed by atoms with van der Waals surface area (Å²) in [7, 11) is 3.40. The zero-order chi connectivity index (χ0) is 15.5. The van der Waals surface area contributed by atoms with Gasteiger partial charge in [0.05, 0.1) is 19.9 Å². The van der Waals surface area contributed by atoms with Crippen molar-refractivity contribution in [3.8, 4) is 11.5 Å². The molecule has 0 radical (unpaired) electrons. The number of likely N-dealkylation sites (tertiary alicyclic amines) is 1. The molecule has 1 aliphatic heterocycles. The monoisotopic (exact) mass is 302 g/mol. The van der Waals surface area contributed by atoms with Crippen molar-refractivity contribution in [1.29, 1.82) is 0 Å². The summed E-state index contributed by atoms with van der Waals surface area (Å²) in [6, 6.07) is 8.31. The number of benzene rings is 1. The summed E-state index contributed by atoms with van der Waals surface area (Å²) in [5.41, 5.74) is 2.16. The Labute approximate surface area is 130 Å². The van der Waals surface area contributed by atoms with Crippen LogP contribution in [0.15, 0.2) is 28.8 Å². The fourth-order valence-electron chi connectivity index (χ4n) is 3.17. The summed E-state index contributed by atoms with van der Waals surface area (Å²) < 4.78 is 16.1. The van der Waals surface area contributed by atoms with Gasteiger partial charge in [-0.3, -0.25) is 4.90 Å². The number of methoxy groups -OCH3 is 2. The van der Waals surface area contributed by atoms with Gasteiger partial charge < -0.3 is 14.0 Å². The van der Waals surface area contributed by atoms with Gasteiger partial charge in [-0.1, -0.05) is 5.16 Å². The van der Waals surface area contributed by atoms with E-state index < -0.39 is 0 Å². The van der Waals surface area contributed by atoms with E-state index >= 15 is 0 Å². The van der Waals surface area contributed by atoms with Crippen LogP contribution in [0, 0.1) is 6.92 Å². The van der Waals surface area contributed by atoms with Crippen molar-refractivity contribution < 1.29 is 14.0 Å². The summed E-state index contributed by atoms with van der Waals surface area (Å²) in [6.45, 7) is 3.77. The molecule has 5 heteroatoms. The van der Waals surface area contributed by atoms with E-state index in [0.29, 0.717) is 6.04 Å². The normalized spacial score (nSPS) is 18.6. The van der Waals surface area contributed by atoms with Crippen LogP contribution in [0.4, 0.5) is 0 Å². The molecule has 0 N–H and O–H groups in total. The summed E-state index contributed by atoms with van der Waals surface area (Å²) in [6.07, 6.45) is 2.28. The van der Waals surface area contributed by atoms with Crippen molar-refractivity contribution in [2.75, 3.05) is 20.8 Å². The zero-order valence-electron chi connectivity index (χ0n) is 13.3. The van der Waals surface area contributed by atoms with Crippen LogP contribution in [0.5, 0.6) is 11.5 Å². The molecule has 1 atom stereocenters. The maximum Gasteiger partial charge on any atom is 0.133 e. The van der Waals surface area contributed by atoms with Crippen molar-refractivity contribution in [1.82, 2.24) is 10.1 Å². The lowest BCUT2D eigenvalue weighted by molar-refractivity contribution is 0.234. The van der Waals surface area contributed by atoms with Crippen molar-refractivity contribution in [2.24, 2.45) is 0 Å². The minimum Gasteiger partial charge on any atom is -0.497 e. The van der Waals surface area contributed by atoms with Crippen LogP contribution in [-0.2, 0) is 6.54 Å². The third-order valence-electron chi connectivity index (χ3n) is 4.20. The third-order valence-corrected chi connectivity index (χ3v) is 4.20. The number of hydrogen-bond acceptors (Lipinski definition) is 5. The fourth-order valence-corrected chi connectivity index (χ4v) is 3.17. The van der Waals surface area contributed by atoms with Gasteiger partial charge in [-0.2, -0.15) is 0 Å². The van der Waals surface area contributed by atoms with Gasteiger partial charge in [0.15, 0.2) is 0 Å². The van der Waals surface area contributed by atoms with Crippen molar-refractivity contribution in [3.05, 3.63) is 41.3 Å². The summed E-state index contributed by atoms with van der Waals surface area (Å²) in [5, 5.41) is 4.11. The average molecular weight is 302 g/mol. The second-order valence-electron chi connectivity index (χ2n) is 5.67. The standard InChI is InChI=1S/C17H22N2O3/c1-12-9-13(18-22-12)11-19-8-4-5-16(19)15-10-14(20-2)6-7-17(15)21-3/h6-7,9-10,16H,4-5,8,11H2,1-3H3. The van der Waals surface area contributed by atoms with E-state index in [0.717, 1.165) is 42.5 Å². The van der Waals surface area contributed by atoms with Crippen LogP contribution in [0.2, 0.25) is 0 Å². The molecular formula is C17H22N2O3. The molecule has 22 heavy (non-hydrogen) atoms. The van der Waals surface area contributed by atoms with E-state index in [4.69, 9.17) is 14.0 Å².